The largest absolute Gasteiger partial charge is 0.469 e. The Kier molecular flexibility index (Phi) is 2.99. The summed E-state index contributed by atoms with van der Waals surface area (Å²) < 4.78 is 38.3. The van der Waals surface area contributed by atoms with Crippen molar-refractivity contribution >= 4 is 10.0 Å². The van der Waals surface area contributed by atoms with Crippen LogP contribution in [0.15, 0.2) is 17.2 Å². The molecule has 1 saturated heterocycles. The second kappa shape index (κ2) is 4.43. The number of rotatable bonds is 0. The van der Waals surface area contributed by atoms with Gasteiger partial charge in [0.1, 0.15) is 10.5 Å². The lowest BCUT2D eigenvalue weighted by Gasteiger charge is -2.35. The SMILES string of the molecule is Cc1cnc2c(c1)S(=O)(=O)NCC1(CCOCC1)O2. The molecule has 0 unspecified atom stereocenters. The van der Waals surface area contributed by atoms with Crippen LogP contribution in [0.4, 0.5) is 0 Å². The molecule has 7 heteroatoms. The molecule has 1 aromatic rings. The lowest BCUT2D eigenvalue weighted by atomic mass is 9.94. The number of hydrogen-bond acceptors (Lipinski definition) is 5. The van der Waals surface area contributed by atoms with E-state index in [1.807, 2.05) is 0 Å². The minimum absolute atomic E-state index is 0.121. The summed E-state index contributed by atoms with van der Waals surface area (Å²) >= 11 is 0. The Morgan fingerprint density at radius 1 is 1.37 bits per heavy atom. The molecule has 2 aliphatic heterocycles. The molecule has 0 atom stereocenters. The highest BCUT2D eigenvalue weighted by atomic mass is 32.2. The molecule has 0 saturated carbocycles. The normalized spacial score (nSPS) is 24.3. The molecule has 1 aromatic heterocycles. The van der Waals surface area contributed by atoms with Gasteiger partial charge in [-0.15, -0.1) is 0 Å². The van der Waals surface area contributed by atoms with Gasteiger partial charge in [0.15, 0.2) is 0 Å². The molecule has 1 fully saturated rings. The second-order valence-corrected chi connectivity index (χ2v) is 6.77. The van der Waals surface area contributed by atoms with Gasteiger partial charge < -0.3 is 9.47 Å². The number of nitrogens with zero attached hydrogens (tertiary/aromatic N) is 1. The topological polar surface area (TPSA) is 77.5 Å². The van der Waals surface area contributed by atoms with E-state index >= 15 is 0 Å². The first-order valence-corrected chi connectivity index (χ1v) is 7.72. The van der Waals surface area contributed by atoms with Crippen molar-refractivity contribution in [2.45, 2.75) is 30.3 Å². The number of pyridine rings is 1. The highest BCUT2D eigenvalue weighted by molar-refractivity contribution is 7.89. The molecule has 0 bridgehead atoms. The summed E-state index contributed by atoms with van der Waals surface area (Å²) in [7, 11) is -3.55. The fraction of sp³-hybridized carbons (Fsp3) is 0.583. The van der Waals surface area contributed by atoms with Crippen LogP contribution in [0.5, 0.6) is 5.88 Å². The van der Waals surface area contributed by atoms with Gasteiger partial charge in [0.25, 0.3) is 0 Å². The molecule has 1 spiro atoms. The Morgan fingerprint density at radius 3 is 2.84 bits per heavy atom. The number of ether oxygens (including phenoxy) is 2. The zero-order chi connectivity index (χ0) is 13.5. The van der Waals surface area contributed by atoms with Crippen LogP contribution in [0.2, 0.25) is 0 Å². The average Bonchev–Trinajstić information content (AvgIpc) is 2.49. The third-order valence-corrected chi connectivity index (χ3v) is 4.94. The van der Waals surface area contributed by atoms with Crippen LogP contribution in [-0.2, 0) is 14.8 Å². The van der Waals surface area contributed by atoms with Crippen LogP contribution in [0.25, 0.3) is 0 Å². The van der Waals surface area contributed by atoms with Crippen LogP contribution < -0.4 is 9.46 Å². The van der Waals surface area contributed by atoms with Crippen molar-refractivity contribution in [1.29, 1.82) is 0 Å². The number of sulfonamides is 1. The molecule has 0 aliphatic carbocycles. The highest BCUT2D eigenvalue weighted by Gasteiger charge is 2.41. The monoisotopic (exact) mass is 284 g/mol. The van der Waals surface area contributed by atoms with Crippen molar-refractivity contribution in [2.75, 3.05) is 19.8 Å². The predicted molar refractivity (Wildman–Crippen MR) is 67.6 cm³/mol. The molecule has 19 heavy (non-hydrogen) atoms. The maximum Gasteiger partial charge on any atom is 0.246 e. The molecular formula is C12H16N2O4S. The van der Waals surface area contributed by atoms with E-state index in [4.69, 9.17) is 9.47 Å². The van der Waals surface area contributed by atoms with Gasteiger partial charge in [0, 0.05) is 19.0 Å². The molecule has 0 aromatic carbocycles. The average molecular weight is 284 g/mol. The molecule has 0 amide bonds. The first kappa shape index (κ1) is 12.8. The van der Waals surface area contributed by atoms with Gasteiger partial charge in [-0.05, 0) is 18.6 Å². The van der Waals surface area contributed by atoms with E-state index in [9.17, 15) is 8.42 Å². The molecule has 3 rings (SSSR count). The summed E-state index contributed by atoms with van der Waals surface area (Å²) in [5, 5.41) is 0. The van der Waals surface area contributed by atoms with E-state index in [1.54, 1.807) is 19.2 Å². The lowest BCUT2D eigenvalue weighted by molar-refractivity contribution is -0.0442. The maximum absolute atomic E-state index is 12.2. The van der Waals surface area contributed by atoms with Crippen molar-refractivity contribution in [3.63, 3.8) is 0 Å². The van der Waals surface area contributed by atoms with Crippen molar-refractivity contribution in [3.05, 3.63) is 17.8 Å². The Labute approximate surface area is 112 Å². The Bertz CT molecular complexity index is 594. The maximum atomic E-state index is 12.2. The molecule has 3 heterocycles. The van der Waals surface area contributed by atoms with E-state index in [0.29, 0.717) is 26.1 Å². The van der Waals surface area contributed by atoms with Crippen LogP contribution >= 0.6 is 0 Å². The van der Waals surface area contributed by atoms with E-state index in [-0.39, 0.29) is 17.3 Å². The molecular weight excluding hydrogens is 268 g/mol. The van der Waals surface area contributed by atoms with E-state index in [0.717, 1.165) is 5.56 Å². The van der Waals surface area contributed by atoms with Crippen molar-refractivity contribution in [2.24, 2.45) is 0 Å². The highest BCUT2D eigenvalue weighted by Crippen LogP contribution is 2.33. The predicted octanol–water partition coefficient (Wildman–Crippen LogP) is 0.610. The Morgan fingerprint density at radius 2 is 2.11 bits per heavy atom. The fourth-order valence-corrected chi connectivity index (χ4v) is 3.64. The van der Waals surface area contributed by atoms with Gasteiger partial charge in [0.2, 0.25) is 15.9 Å². The van der Waals surface area contributed by atoms with Gasteiger partial charge in [-0.1, -0.05) is 0 Å². The molecule has 104 valence electrons. The summed E-state index contributed by atoms with van der Waals surface area (Å²) in [4.78, 5) is 4.26. The summed E-state index contributed by atoms with van der Waals surface area (Å²) in [5.41, 5.74) is 0.245. The fourth-order valence-electron chi connectivity index (χ4n) is 2.37. The Balaban J connectivity index is 2.06. The third kappa shape index (κ3) is 2.33. The number of fused-ring (bicyclic) bond motifs is 1. The first-order chi connectivity index (χ1) is 9.01. The third-order valence-electron chi connectivity index (χ3n) is 3.55. The number of aryl methyl sites for hydroxylation is 1. The van der Waals surface area contributed by atoms with E-state index in [2.05, 4.69) is 9.71 Å². The number of hydrogen-bond donors (Lipinski definition) is 1. The van der Waals surface area contributed by atoms with Gasteiger partial charge in [0.05, 0.1) is 19.8 Å². The van der Waals surface area contributed by atoms with Gasteiger partial charge in [-0.25, -0.2) is 18.1 Å². The summed E-state index contributed by atoms with van der Waals surface area (Å²) in [6.07, 6.45) is 2.93. The number of nitrogens with one attached hydrogen (secondary N) is 1. The molecule has 1 N–H and O–H groups in total. The zero-order valence-electron chi connectivity index (χ0n) is 10.7. The zero-order valence-corrected chi connectivity index (χ0v) is 11.5. The number of aromatic nitrogens is 1. The quantitative estimate of drug-likeness (QED) is 0.755. The van der Waals surface area contributed by atoms with Gasteiger partial charge in [-0.3, -0.25) is 0 Å². The summed E-state index contributed by atoms with van der Waals surface area (Å²) in [6, 6.07) is 1.59. The van der Waals surface area contributed by atoms with Crippen LogP contribution in [0.1, 0.15) is 18.4 Å². The molecule has 6 nitrogen and oxygen atoms in total. The standard InChI is InChI=1S/C12H16N2O4S/c1-9-6-10-11(13-7-9)18-12(2-4-17-5-3-12)8-14-19(10,15)16/h6-7,14H,2-5,8H2,1H3. The first-order valence-electron chi connectivity index (χ1n) is 6.24. The minimum Gasteiger partial charge on any atom is -0.469 e. The molecule has 0 radical (unpaired) electrons. The summed E-state index contributed by atoms with van der Waals surface area (Å²) in [6.45, 7) is 3.21. The molecule has 2 aliphatic rings. The van der Waals surface area contributed by atoms with Crippen LogP contribution in [0, 0.1) is 6.92 Å². The van der Waals surface area contributed by atoms with Crippen LogP contribution in [0.3, 0.4) is 0 Å². The van der Waals surface area contributed by atoms with Crippen LogP contribution in [-0.4, -0.2) is 38.8 Å². The van der Waals surface area contributed by atoms with Crippen molar-refractivity contribution in [1.82, 2.24) is 9.71 Å². The lowest BCUT2D eigenvalue weighted by Crippen LogP contribution is -2.49. The summed E-state index contributed by atoms with van der Waals surface area (Å²) in [5.74, 6) is 0.192. The van der Waals surface area contributed by atoms with Gasteiger partial charge >= 0.3 is 0 Å². The second-order valence-electron chi connectivity index (χ2n) is 5.04. The smallest absolute Gasteiger partial charge is 0.246 e. The Hall–Kier alpha value is -1.18. The van der Waals surface area contributed by atoms with Crippen molar-refractivity contribution in [3.8, 4) is 5.88 Å². The van der Waals surface area contributed by atoms with Crippen molar-refractivity contribution < 1.29 is 17.9 Å². The van der Waals surface area contributed by atoms with E-state index < -0.39 is 15.6 Å². The minimum atomic E-state index is -3.55. The van der Waals surface area contributed by atoms with E-state index in [1.165, 1.54) is 0 Å². The van der Waals surface area contributed by atoms with Gasteiger partial charge in [-0.2, -0.15) is 0 Å².